The number of nitrogens with one attached hydrogen (secondary N) is 2. The molecule has 27 heavy (non-hydrogen) atoms. The van der Waals surface area contributed by atoms with E-state index < -0.39 is 11.4 Å². The molecule has 1 amide bonds. The summed E-state index contributed by atoms with van der Waals surface area (Å²) in [6, 6.07) is 9.49. The summed E-state index contributed by atoms with van der Waals surface area (Å²) < 4.78 is 5.34. The average Bonchev–Trinajstić information content (AvgIpc) is 2.67. The molecular formula is C20H28N4O3. The second kappa shape index (κ2) is 10.1. The van der Waals surface area contributed by atoms with Crippen LogP contribution >= 0.6 is 0 Å². The third-order valence-electron chi connectivity index (χ3n) is 4.29. The SMILES string of the molecule is CC(C)(CO)NC(=O)/C(C#N)=C/c1ccc(NCCN2CCOCC2)cc1. The van der Waals surface area contributed by atoms with Crippen molar-refractivity contribution in [3.05, 3.63) is 35.4 Å². The maximum absolute atomic E-state index is 12.2. The fourth-order valence-electron chi connectivity index (χ4n) is 2.61. The fraction of sp³-hybridized carbons (Fsp3) is 0.500. The fourth-order valence-corrected chi connectivity index (χ4v) is 2.61. The molecule has 0 bridgehead atoms. The third kappa shape index (κ3) is 7.02. The molecule has 1 fully saturated rings. The number of amides is 1. The summed E-state index contributed by atoms with van der Waals surface area (Å²) in [5.74, 6) is -0.496. The number of anilines is 1. The predicted molar refractivity (Wildman–Crippen MR) is 105 cm³/mol. The lowest BCUT2D eigenvalue weighted by Gasteiger charge is -2.26. The van der Waals surface area contributed by atoms with Gasteiger partial charge in [0.05, 0.1) is 25.4 Å². The lowest BCUT2D eigenvalue weighted by atomic mass is 10.1. The van der Waals surface area contributed by atoms with Crippen molar-refractivity contribution >= 4 is 17.7 Å². The molecule has 0 aliphatic carbocycles. The van der Waals surface area contributed by atoms with Gasteiger partial charge in [-0.15, -0.1) is 0 Å². The van der Waals surface area contributed by atoms with Gasteiger partial charge in [-0.2, -0.15) is 5.26 Å². The number of aliphatic hydroxyl groups is 1. The van der Waals surface area contributed by atoms with Gasteiger partial charge < -0.3 is 20.5 Å². The topological polar surface area (TPSA) is 97.6 Å². The second-order valence-corrected chi connectivity index (χ2v) is 7.17. The van der Waals surface area contributed by atoms with Gasteiger partial charge in [-0.25, -0.2) is 0 Å². The molecule has 1 aliphatic heterocycles. The summed E-state index contributed by atoms with van der Waals surface area (Å²) in [6.45, 7) is 8.52. The van der Waals surface area contributed by atoms with E-state index in [1.165, 1.54) is 0 Å². The first-order valence-corrected chi connectivity index (χ1v) is 9.13. The number of ether oxygens (including phenoxy) is 1. The van der Waals surface area contributed by atoms with E-state index >= 15 is 0 Å². The maximum atomic E-state index is 12.2. The highest BCUT2D eigenvalue weighted by Crippen LogP contribution is 2.13. The zero-order valence-electron chi connectivity index (χ0n) is 16.0. The molecule has 1 heterocycles. The van der Waals surface area contributed by atoms with Gasteiger partial charge in [0, 0.05) is 31.9 Å². The van der Waals surface area contributed by atoms with Crippen molar-refractivity contribution in [3.63, 3.8) is 0 Å². The number of nitrogens with zero attached hydrogens (tertiary/aromatic N) is 2. The monoisotopic (exact) mass is 372 g/mol. The van der Waals surface area contributed by atoms with Crippen LogP contribution in [0.25, 0.3) is 6.08 Å². The van der Waals surface area contributed by atoms with E-state index in [9.17, 15) is 15.2 Å². The molecule has 7 heteroatoms. The molecule has 7 nitrogen and oxygen atoms in total. The Bertz CT molecular complexity index is 686. The Labute approximate surface area is 160 Å². The minimum atomic E-state index is -0.777. The van der Waals surface area contributed by atoms with Gasteiger partial charge in [-0.05, 0) is 37.6 Å². The zero-order chi connectivity index (χ0) is 19.7. The minimum Gasteiger partial charge on any atom is -0.394 e. The van der Waals surface area contributed by atoms with Crippen molar-refractivity contribution in [2.75, 3.05) is 51.3 Å². The zero-order valence-corrected chi connectivity index (χ0v) is 16.0. The van der Waals surface area contributed by atoms with E-state index in [-0.39, 0.29) is 12.2 Å². The van der Waals surface area contributed by atoms with E-state index in [1.54, 1.807) is 19.9 Å². The lowest BCUT2D eigenvalue weighted by Crippen LogP contribution is -2.46. The molecule has 0 unspecified atom stereocenters. The van der Waals surface area contributed by atoms with Crippen LogP contribution in [-0.2, 0) is 9.53 Å². The Balaban J connectivity index is 1.89. The third-order valence-corrected chi connectivity index (χ3v) is 4.29. The summed E-state index contributed by atoms with van der Waals surface area (Å²) in [7, 11) is 0. The summed E-state index contributed by atoms with van der Waals surface area (Å²) >= 11 is 0. The molecule has 1 aromatic carbocycles. The molecule has 1 aliphatic rings. The van der Waals surface area contributed by atoms with Crippen molar-refractivity contribution in [2.45, 2.75) is 19.4 Å². The highest BCUT2D eigenvalue weighted by atomic mass is 16.5. The number of rotatable bonds is 8. The summed E-state index contributed by atoms with van der Waals surface area (Å²) in [6.07, 6.45) is 1.54. The molecule has 0 radical (unpaired) electrons. The number of carbonyl (C=O) groups excluding carboxylic acids is 1. The average molecular weight is 372 g/mol. The first kappa shape index (κ1) is 20.9. The van der Waals surface area contributed by atoms with Gasteiger partial charge >= 0.3 is 0 Å². The van der Waals surface area contributed by atoms with E-state index in [1.807, 2.05) is 30.3 Å². The molecule has 146 valence electrons. The predicted octanol–water partition coefficient (Wildman–Crippen LogP) is 1.22. The van der Waals surface area contributed by atoms with Crippen LogP contribution in [0.4, 0.5) is 5.69 Å². The molecule has 1 saturated heterocycles. The lowest BCUT2D eigenvalue weighted by molar-refractivity contribution is -0.119. The summed E-state index contributed by atoms with van der Waals surface area (Å²) in [4.78, 5) is 14.5. The standard InChI is InChI=1S/C20H28N4O3/c1-20(2,15-25)23-19(26)17(14-21)13-16-3-5-18(6-4-16)22-7-8-24-9-11-27-12-10-24/h3-6,13,22,25H,7-12,15H2,1-2H3,(H,23,26)/b17-13+. The molecule has 0 saturated carbocycles. The van der Waals surface area contributed by atoms with Crippen LogP contribution in [0.3, 0.4) is 0 Å². The molecule has 3 N–H and O–H groups in total. The first-order chi connectivity index (χ1) is 12.9. The van der Waals surface area contributed by atoms with Crippen LogP contribution in [0.1, 0.15) is 19.4 Å². The van der Waals surface area contributed by atoms with Gasteiger partial charge in [0.25, 0.3) is 5.91 Å². The number of aliphatic hydroxyl groups excluding tert-OH is 1. The molecule has 1 aromatic rings. The van der Waals surface area contributed by atoms with Crippen LogP contribution in [0.5, 0.6) is 0 Å². The summed E-state index contributed by atoms with van der Waals surface area (Å²) in [5, 5.41) is 24.5. The van der Waals surface area contributed by atoms with Crippen molar-refractivity contribution in [2.24, 2.45) is 0 Å². The highest BCUT2D eigenvalue weighted by Gasteiger charge is 2.21. The van der Waals surface area contributed by atoms with Gasteiger partial charge in [-0.1, -0.05) is 12.1 Å². The first-order valence-electron chi connectivity index (χ1n) is 9.13. The quantitative estimate of drug-likeness (QED) is 0.469. The van der Waals surface area contributed by atoms with Crippen LogP contribution in [0.2, 0.25) is 0 Å². The Morgan fingerprint density at radius 3 is 2.59 bits per heavy atom. The van der Waals surface area contributed by atoms with Gasteiger partial charge in [0.1, 0.15) is 11.6 Å². The summed E-state index contributed by atoms with van der Waals surface area (Å²) in [5.41, 5.74) is 0.984. The number of benzene rings is 1. The maximum Gasteiger partial charge on any atom is 0.262 e. The van der Waals surface area contributed by atoms with Crippen LogP contribution in [-0.4, -0.2) is 67.5 Å². The second-order valence-electron chi connectivity index (χ2n) is 7.17. The Hall–Kier alpha value is -2.40. The smallest absolute Gasteiger partial charge is 0.262 e. The largest absolute Gasteiger partial charge is 0.394 e. The Morgan fingerprint density at radius 2 is 2.00 bits per heavy atom. The number of nitriles is 1. The number of morpholine rings is 1. The minimum absolute atomic E-state index is 0.00421. The molecule has 2 rings (SSSR count). The normalized spacial score (nSPS) is 15.9. The van der Waals surface area contributed by atoms with E-state index in [2.05, 4.69) is 15.5 Å². The van der Waals surface area contributed by atoms with Crippen LogP contribution < -0.4 is 10.6 Å². The van der Waals surface area contributed by atoms with E-state index in [4.69, 9.17) is 4.74 Å². The number of hydrogen-bond donors (Lipinski definition) is 3. The highest BCUT2D eigenvalue weighted by molar-refractivity contribution is 6.02. The van der Waals surface area contributed by atoms with Crippen molar-refractivity contribution < 1.29 is 14.6 Å². The van der Waals surface area contributed by atoms with E-state index in [0.717, 1.165) is 50.6 Å². The van der Waals surface area contributed by atoms with Crippen molar-refractivity contribution in [1.82, 2.24) is 10.2 Å². The number of hydrogen-bond acceptors (Lipinski definition) is 6. The van der Waals surface area contributed by atoms with Gasteiger partial charge in [0.15, 0.2) is 0 Å². The van der Waals surface area contributed by atoms with Gasteiger partial charge in [0.2, 0.25) is 0 Å². The van der Waals surface area contributed by atoms with Crippen LogP contribution in [0.15, 0.2) is 29.8 Å². The Kier molecular flexibility index (Phi) is 7.80. The number of carbonyl (C=O) groups is 1. The molecule has 0 atom stereocenters. The van der Waals surface area contributed by atoms with Crippen molar-refractivity contribution in [1.29, 1.82) is 5.26 Å². The van der Waals surface area contributed by atoms with Crippen molar-refractivity contribution in [3.8, 4) is 6.07 Å². The van der Waals surface area contributed by atoms with E-state index in [0.29, 0.717) is 0 Å². The van der Waals surface area contributed by atoms with Gasteiger partial charge in [-0.3, -0.25) is 9.69 Å². The molecular weight excluding hydrogens is 344 g/mol. The van der Waals surface area contributed by atoms with Crippen LogP contribution in [0, 0.1) is 11.3 Å². The molecule has 0 aromatic heterocycles. The molecule has 0 spiro atoms. The Morgan fingerprint density at radius 1 is 1.33 bits per heavy atom.